The van der Waals surface area contributed by atoms with Crippen molar-refractivity contribution in [3.63, 3.8) is 0 Å². The summed E-state index contributed by atoms with van der Waals surface area (Å²) in [5, 5.41) is 9.87. The third kappa shape index (κ3) is 3.43. The molecule has 0 bridgehead atoms. The summed E-state index contributed by atoms with van der Waals surface area (Å²) in [6.07, 6.45) is 1.23. The van der Waals surface area contributed by atoms with Crippen LogP contribution in [0.2, 0.25) is 0 Å². The van der Waals surface area contributed by atoms with Crippen LogP contribution in [0.4, 0.5) is 5.69 Å². The Morgan fingerprint density at radius 2 is 1.74 bits per heavy atom. The van der Waals surface area contributed by atoms with E-state index in [1.54, 1.807) is 0 Å². The Bertz CT molecular complexity index is 686. The average Bonchev–Trinajstić information content (AvgIpc) is 2.60. The van der Waals surface area contributed by atoms with Crippen LogP contribution in [-0.2, 0) is 10.2 Å². The van der Waals surface area contributed by atoms with Crippen molar-refractivity contribution in [2.24, 2.45) is 0 Å². The van der Waals surface area contributed by atoms with Gasteiger partial charge in [-0.1, -0.05) is 42.5 Å². The van der Waals surface area contributed by atoms with Crippen molar-refractivity contribution < 1.29 is 4.79 Å². The number of hydrogen-bond donors (Lipinski definition) is 0. The van der Waals surface area contributed by atoms with Gasteiger partial charge in [-0.2, -0.15) is 5.26 Å². The van der Waals surface area contributed by atoms with E-state index in [2.05, 4.69) is 6.07 Å². The highest BCUT2D eigenvalue weighted by Crippen LogP contribution is 2.40. The van der Waals surface area contributed by atoms with Crippen LogP contribution in [0.1, 0.15) is 30.4 Å². The van der Waals surface area contributed by atoms with Gasteiger partial charge in [-0.3, -0.25) is 0 Å². The molecule has 0 spiro atoms. The first kappa shape index (κ1) is 16.8. The average molecular weight is 306 g/mol. The van der Waals surface area contributed by atoms with Crippen LogP contribution in [0.3, 0.4) is 0 Å². The fraction of sp³-hybridized carbons (Fsp3) is 0.300. The van der Waals surface area contributed by atoms with Gasteiger partial charge in [-0.25, -0.2) is 0 Å². The second-order valence-corrected chi connectivity index (χ2v) is 6.12. The molecule has 0 aliphatic rings. The zero-order chi connectivity index (χ0) is 16.9. The molecular formula is C20H22N2O. The molecule has 0 heterocycles. The topological polar surface area (TPSA) is 44.1 Å². The van der Waals surface area contributed by atoms with E-state index in [1.807, 2.05) is 80.5 Å². The molecule has 0 aliphatic heterocycles. The van der Waals surface area contributed by atoms with Crippen molar-refractivity contribution in [3.05, 3.63) is 65.7 Å². The number of carbonyl (C=O) groups excluding carboxylic acids is 1. The van der Waals surface area contributed by atoms with E-state index in [0.717, 1.165) is 23.1 Å². The minimum absolute atomic E-state index is 0.177. The summed E-state index contributed by atoms with van der Waals surface area (Å²) in [5.74, 6) is -0.177. The molecule has 0 saturated carbocycles. The monoisotopic (exact) mass is 306 g/mol. The lowest BCUT2D eigenvalue weighted by Crippen LogP contribution is -2.29. The zero-order valence-electron chi connectivity index (χ0n) is 13.9. The Hall–Kier alpha value is -2.60. The molecular weight excluding hydrogens is 284 g/mol. The van der Waals surface area contributed by atoms with Crippen LogP contribution < -0.4 is 4.90 Å². The molecule has 0 radical (unpaired) electrons. The summed E-state index contributed by atoms with van der Waals surface area (Å²) < 4.78 is 0. The summed E-state index contributed by atoms with van der Waals surface area (Å²) in [4.78, 5) is 13.3. The summed E-state index contributed by atoms with van der Waals surface area (Å²) in [6, 6.07) is 20.2. The Balaban J connectivity index is 2.48. The van der Waals surface area contributed by atoms with Gasteiger partial charge in [0, 0.05) is 32.1 Å². The van der Waals surface area contributed by atoms with Crippen molar-refractivity contribution in [1.82, 2.24) is 0 Å². The number of hydrogen-bond acceptors (Lipinski definition) is 3. The minimum Gasteiger partial charge on any atom is -0.378 e. The van der Waals surface area contributed by atoms with Crippen LogP contribution in [0.5, 0.6) is 0 Å². The van der Waals surface area contributed by atoms with E-state index < -0.39 is 5.41 Å². The fourth-order valence-electron chi connectivity index (χ4n) is 2.93. The predicted octanol–water partition coefficient (Wildman–Crippen LogP) is 3.91. The highest BCUT2D eigenvalue weighted by molar-refractivity contribution is 5.56. The lowest BCUT2D eigenvalue weighted by molar-refractivity contribution is -0.108. The number of rotatable bonds is 6. The fourth-order valence-corrected chi connectivity index (χ4v) is 2.93. The van der Waals surface area contributed by atoms with Gasteiger partial charge in [0.15, 0.2) is 0 Å². The summed E-state index contributed by atoms with van der Waals surface area (Å²) in [6.45, 7) is 1.91. The van der Waals surface area contributed by atoms with E-state index in [0.29, 0.717) is 6.42 Å². The molecule has 2 rings (SSSR count). The quantitative estimate of drug-likeness (QED) is 0.760. The lowest BCUT2D eigenvalue weighted by atomic mass is 9.69. The maximum Gasteiger partial charge on any atom is 0.120 e. The van der Waals surface area contributed by atoms with E-state index in [-0.39, 0.29) is 5.92 Å². The van der Waals surface area contributed by atoms with Crippen LogP contribution in [-0.4, -0.2) is 20.4 Å². The van der Waals surface area contributed by atoms with Gasteiger partial charge in [-0.15, -0.1) is 0 Å². The number of anilines is 1. The standard InChI is InChI=1S/C20H22N2O/c1-20(15-21,17-7-5-4-6-8-17)19(13-14-23)16-9-11-18(12-10-16)22(2)3/h4-12,14,19H,13H2,1-3H3/t19-,20-/m1/s1. The maximum atomic E-state index is 11.2. The Morgan fingerprint density at radius 1 is 1.13 bits per heavy atom. The van der Waals surface area contributed by atoms with E-state index in [1.165, 1.54) is 0 Å². The molecule has 3 nitrogen and oxygen atoms in total. The second kappa shape index (κ2) is 7.11. The molecule has 0 aromatic heterocycles. The highest BCUT2D eigenvalue weighted by Gasteiger charge is 2.37. The van der Waals surface area contributed by atoms with Gasteiger partial charge in [0.2, 0.25) is 0 Å². The van der Waals surface area contributed by atoms with E-state index in [9.17, 15) is 10.1 Å². The van der Waals surface area contributed by atoms with Crippen molar-refractivity contribution in [2.75, 3.05) is 19.0 Å². The first-order chi connectivity index (χ1) is 11.0. The van der Waals surface area contributed by atoms with Crippen LogP contribution in [0.25, 0.3) is 0 Å². The molecule has 0 unspecified atom stereocenters. The smallest absolute Gasteiger partial charge is 0.120 e. The molecule has 118 valence electrons. The first-order valence-corrected chi connectivity index (χ1v) is 7.70. The van der Waals surface area contributed by atoms with E-state index >= 15 is 0 Å². The van der Waals surface area contributed by atoms with Gasteiger partial charge >= 0.3 is 0 Å². The highest BCUT2D eigenvalue weighted by atomic mass is 16.1. The second-order valence-electron chi connectivity index (χ2n) is 6.12. The van der Waals surface area contributed by atoms with Crippen LogP contribution in [0, 0.1) is 11.3 Å². The van der Waals surface area contributed by atoms with Gasteiger partial charge in [-0.05, 0) is 30.2 Å². The maximum absolute atomic E-state index is 11.2. The first-order valence-electron chi connectivity index (χ1n) is 7.70. The Kier molecular flexibility index (Phi) is 5.18. The molecule has 2 aromatic rings. The lowest BCUT2D eigenvalue weighted by Gasteiger charge is -2.32. The van der Waals surface area contributed by atoms with Gasteiger partial charge < -0.3 is 9.69 Å². The van der Waals surface area contributed by atoms with Gasteiger partial charge in [0.25, 0.3) is 0 Å². The zero-order valence-corrected chi connectivity index (χ0v) is 13.9. The predicted molar refractivity (Wildman–Crippen MR) is 93.6 cm³/mol. The van der Waals surface area contributed by atoms with E-state index in [4.69, 9.17) is 0 Å². The summed E-state index contributed by atoms with van der Waals surface area (Å²) in [5.41, 5.74) is 2.29. The van der Waals surface area contributed by atoms with Crippen LogP contribution in [0.15, 0.2) is 54.6 Å². The molecule has 23 heavy (non-hydrogen) atoms. The molecule has 0 N–H and O–H groups in total. The molecule has 0 fully saturated rings. The van der Waals surface area contributed by atoms with Gasteiger partial charge in [0.1, 0.15) is 6.29 Å². The number of aldehydes is 1. The Labute approximate surface area is 138 Å². The molecule has 3 heteroatoms. The summed E-state index contributed by atoms with van der Waals surface area (Å²) >= 11 is 0. The van der Waals surface area contributed by atoms with Crippen LogP contribution >= 0.6 is 0 Å². The van der Waals surface area contributed by atoms with Crippen molar-refractivity contribution in [3.8, 4) is 6.07 Å². The van der Waals surface area contributed by atoms with Crippen molar-refractivity contribution in [1.29, 1.82) is 5.26 Å². The Morgan fingerprint density at radius 3 is 2.22 bits per heavy atom. The number of nitriles is 1. The van der Waals surface area contributed by atoms with Gasteiger partial charge in [0.05, 0.1) is 11.5 Å². The summed E-state index contributed by atoms with van der Waals surface area (Å²) in [7, 11) is 3.97. The SMILES string of the molecule is CN(C)c1ccc([C@@H](CC=O)[C@](C)(C#N)c2ccccc2)cc1. The normalized spacial score (nSPS) is 14.3. The number of nitrogens with zero attached hydrogens (tertiary/aromatic N) is 2. The van der Waals surface area contributed by atoms with Crippen molar-refractivity contribution in [2.45, 2.75) is 24.7 Å². The minimum atomic E-state index is -0.748. The number of carbonyl (C=O) groups is 1. The third-order valence-corrected chi connectivity index (χ3v) is 4.45. The molecule has 2 aromatic carbocycles. The van der Waals surface area contributed by atoms with Crippen molar-refractivity contribution >= 4 is 12.0 Å². The molecule has 0 amide bonds. The molecule has 2 atom stereocenters. The molecule has 0 aliphatic carbocycles. The molecule has 0 saturated heterocycles. The largest absolute Gasteiger partial charge is 0.378 e. The third-order valence-electron chi connectivity index (χ3n) is 4.45. The number of benzene rings is 2.